The van der Waals surface area contributed by atoms with E-state index in [0.29, 0.717) is 29.8 Å². The summed E-state index contributed by atoms with van der Waals surface area (Å²) < 4.78 is 5.30. The molecule has 1 saturated heterocycles. The van der Waals surface area contributed by atoms with Crippen molar-refractivity contribution in [2.45, 2.75) is 25.4 Å². The molecule has 2 N–H and O–H groups in total. The van der Waals surface area contributed by atoms with E-state index in [-0.39, 0.29) is 24.2 Å². The average molecular weight is 368 g/mol. The van der Waals surface area contributed by atoms with E-state index in [1.165, 1.54) is 0 Å². The van der Waals surface area contributed by atoms with Crippen LogP contribution in [0.1, 0.15) is 18.4 Å². The Balaban J connectivity index is 0.00000242. The van der Waals surface area contributed by atoms with Crippen LogP contribution in [0.25, 0.3) is 0 Å². The number of hydrogen-bond acceptors (Lipinski definition) is 3. The van der Waals surface area contributed by atoms with Crippen molar-refractivity contribution in [3.05, 3.63) is 33.8 Å². The molecule has 1 fully saturated rings. The highest BCUT2D eigenvalue weighted by molar-refractivity contribution is 6.42. The summed E-state index contributed by atoms with van der Waals surface area (Å²) in [6, 6.07) is 4.89. The fourth-order valence-electron chi connectivity index (χ4n) is 2.52. The van der Waals surface area contributed by atoms with Crippen molar-refractivity contribution in [2.24, 2.45) is 11.7 Å². The lowest BCUT2D eigenvalue weighted by atomic mass is 9.91. The average Bonchev–Trinajstić information content (AvgIpc) is 2.50. The molecule has 0 aromatic heterocycles. The Morgan fingerprint density at radius 3 is 2.59 bits per heavy atom. The summed E-state index contributed by atoms with van der Waals surface area (Å²) in [5.74, 6) is 0.149. The normalized spacial score (nSPS) is 16.7. The minimum atomic E-state index is -0.471. The lowest BCUT2D eigenvalue weighted by molar-refractivity contribution is -0.133. The fraction of sp³-hybridized carbons (Fsp3) is 0.533. The van der Waals surface area contributed by atoms with E-state index < -0.39 is 6.04 Å². The van der Waals surface area contributed by atoms with Gasteiger partial charge in [0.25, 0.3) is 0 Å². The molecule has 7 heteroatoms. The Bertz CT molecular complexity index is 508. The maximum Gasteiger partial charge on any atom is 0.239 e. The Hall–Kier alpha value is -0.520. The first kappa shape index (κ1) is 19.5. The number of amides is 1. The first-order valence-corrected chi connectivity index (χ1v) is 7.77. The van der Waals surface area contributed by atoms with Gasteiger partial charge in [0.15, 0.2) is 0 Å². The third-order valence-corrected chi connectivity index (χ3v) is 4.58. The summed E-state index contributed by atoms with van der Waals surface area (Å²) in [6.07, 6.45) is 1.68. The van der Waals surface area contributed by atoms with Crippen molar-refractivity contribution in [1.82, 2.24) is 4.90 Å². The molecule has 1 heterocycles. The molecule has 124 valence electrons. The maximum atomic E-state index is 12.4. The van der Waals surface area contributed by atoms with E-state index in [0.717, 1.165) is 18.4 Å². The van der Waals surface area contributed by atoms with Gasteiger partial charge in [0.05, 0.1) is 16.1 Å². The number of likely N-dealkylation sites (N-methyl/N-ethyl adjacent to an activating group) is 1. The zero-order valence-electron chi connectivity index (χ0n) is 12.4. The van der Waals surface area contributed by atoms with Crippen molar-refractivity contribution in [3.63, 3.8) is 0 Å². The summed E-state index contributed by atoms with van der Waals surface area (Å²) in [4.78, 5) is 14.0. The number of nitrogens with two attached hydrogens (primary N) is 1. The number of rotatable bonds is 4. The van der Waals surface area contributed by atoms with Gasteiger partial charge < -0.3 is 15.4 Å². The predicted octanol–water partition coefficient (Wildman–Crippen LogP) is 3.13. The minimum Gasteiger partial charge on any atom is -0.381 e. The molecular weight excluding hydrogens is 347 g/mol. The molecule has 4 nitrogen and oxygen atoms in total. The highest BCUT2D eigenvalue weighted by atomic mass is 35.5. The van der Waals surface area contributed by atoms with Gasteiger partial charge in [-0.2, -0.15) is 0 Å². The van der Waals surface area contributed by atoms with Gasteiger partial charge >= 0.3 is 0 Å². The topological polar surface area (TPSA) is 55.6 Å². The molecule has 0 aliphatic carbocycles. The quantitative estimate of drug-likeness (QED) is 0.889. The molecule has 0 radical (unpaired) electrons. The van der Waals surface area contributed by atoms with Crippen LogP contribution in [-0.2, 0) is 16.1 Å². The van der Waals surface area contributed by atoms with E-state index in [1.54, 1.807) is 24.1 Å². The van der Waals surface area contributed by atoms with Gasteiger partial charge in [0, 0.05) is 26.8 Å². The molecule has 1 atom stereocenters. The molecule has 1 aliphatic rings. The summed E-state index contributed by atoms with van der Waals surface area (Å²) in [5.41, 5.74) is 7.04. The lowest BCUT2D eigenvalue weighted by Crippen LogP contribution is -2.47. The second-order valence-electron chi connectivity index (χ2n) is 5.42. The third-order valence-electron chi connectivity index (χ3n) is 3.84. The Kier molecular flexibility index (Phi) is 7.94. The van der Waals surface area contributed by atoms with E-state index in [4.69, 9.17) is 33.7 Å². The monoisotopic (exact) mass is 366 g/mol. The molecule has 1 aromatic rings. The van der Waals surface area contributed by atoms with Gasteiger partial charge in [-0.3, -0.25) is 4.79 Å². The molecule has 0 saturated carbocycles. The van der Waals surface area contributed by atoms with Gasteiger partial charge in [0.1, 0.15) is 0 Å². The Morgan fingerprint density at radius 2 is 2.00 bits per heavy atom. The highest BCUT2D eigenvalue weighted by Gasteiger charge is 2.28. The molecule has 22 heavy (non-hydrogen) atoms. The number of ether oxygens (including phenoxy) is 1. The summed E-state index contributed by atoms with van der Waals surface area (Å²) in [5, 5.41) is 0.997. The van der Waals surface area contributed by atoms with Crippen molar-refractivity contribution < 1.29 is 9.53 Å². The van der Waals surface area contributed by atoms with E-state index in [2.05, 4.69) is 0 Å². The first-order valence-electron chi connectivity index (χ1n) is 7.01. The summed E-state index contributed by atoms with van der Waals surface area (Å²) >= 11 is 11.9. The number of carbonyl (C=O) groups is 1. The van der Waals surface area contributed by atoms with Gasteiger partial charge in [0.2, 0.25) is 5.91 Å². The van der Waals surface area contributed by atoms with Crippen LogP contribution in [0.2, 0.25) is 10.0 Å². The SMILES string of the molecule is CN(Cc1ccc(Cl)c(Cl)c1)C(=O)C(N)C1CCOCC1.Cl. The Morgan fingerprint density at radius 1 is 1.36 bits per heavy atom. The van der Waals surface area contributed by atoms with Crippen LogP contribution in [0.3, 0.4) is 0 Å². The van der Waals surface area contributed by atoms with Crippen molar-refractivity contribution in [3.8, 4) is 0 Å². The zero-order valence-corrected chi connectivity index (χ0v) is 14.8. The van der Waals surface area contributed by atoms with Crippen LogP contribution in [0.5, 0.6) is 0 Å². The number of halogens is 3. The van der Waals surface area contributed by atoms with Gasteiger partial charge in [-0.15, -0.1) is 12.4 Å². The van der Waals surface area contributed by atoms with Gasteiger partial charge in [-0.05, 0) is 36.5 Å². The molecule has 1 amide bonds. The van der Waals surface area contributed by atoms with E-state index in [9.17, 15) is 4.79 Å². The smallest absolute Gasteiger partial charge is 0.239 e. The lowest BCUT2D eigenvalue weighted by Gasteiger charge is -2.29. The van der Waals surface area contributed by atoms with E-state index >= 15 is 0 Å². The molecule has 1 aliphatic heterocycles. The van der Waals surface area contributed by atoms with Gasteiger partial charge in [-0.25, -0.2) is 0 Å². The summed E-state index contributed by atoms with van der Waals surface area (Å²) in [7, 11) is 1.75. The van der Waals surface area contributed by atoms with Crippen molar-refractivity contribution >= 4 is 41.5 Å². The van der Waals surface area contributed by atoms with Crippen molar-refractivity contribution in [1.29, 1.82) is 0 Å². The molecule has 0 spiro atoms. The summed E-state index contributed by atoms with van der Waals surface area (Å²) in [6.45, 7) is 1.83. The zero-order chi connectivity index (χ0) is 15.4. The van der Waals surface area contributed by atoms with Crippen molar-refractivity contribution in [2.75, 3.05) is 20.3 Å². The largest absolute Gasteiger partial charge is 0.381 e. The van der Waals surface area contributed by atoms with Crippen LogP contribution >= 0.6 is 35.6 Å². The van der Waals surface area contributed by atoms with Gasteiger partial charge in [-0.1, -0.05) is 29.3 Å². The second-order valence-corrected chi connectivity index (χ2v) is 6.23. The third kappa shape index (κ3) is 5.00. The highest BCUT2D eigenvalue weighted by Crippen LogP contribution is 2.24. The molecule has 0 bridgehead atoms. The fourth-order valence-corrected chi connectivity index (χ4v) is 2.84. The van der Waals surface area contributed by atoms with Crippen LogP contribution < -0.4 is 5.73 Å². The molecular formula is C15H21Cl3N2O2. The molecule has 1 unspecified atom stereocenters. The van der Waals surface area contributed by atoms with Crippen LogP contribution in [0.15, 0.2) is 18.2 Å². The number of nitrogens with zero attached hydrogens (tertiary/aromatic N) is 1. The first-order chi connectivity index (χ1) is 9.99. The Labute approximate surface area is 147 Å². The molecule has 1 aromatic carbocycles. The van der Waals surface area contributed by atoms with Crippen LogP contribution in [0, 0.1) is 5.92 Å². The maximum absolute atomic E-state index is 12.4. The second kappa shape index (κ2) is 8.94. The van der Waals surface area contributed by atoms with E-state index in [1.807, 2.05) is 6.07 Å². The molecule has 2 rings (SSSR count). The number of benzene rings is 1. The van der Waals surface area contributed by atoms with Crippen LogP contribution in [0.4, 0.5) is 0 Å². The predicted molar refractivity (Wildman–Crippen MR) is 91.7 cm³/mol. The van der Waals surface area contributed by atoms with Crippen LogP contribution in [-0.4, -0.2) is 37.1 Å². The standard InChI is InChI=1S/C15H20Cl2N2O2.ClH/c1-19(9-10-2-3-12(16)13(17)8-10)15(20)14(18)11-4-6-21-7-5-11;/h2-3,8,11,14H,4-7,9,18H2,1H3;1H. The number of carbonyl (C=O) groups excluding carboxylic acids is 1. The number of hydrogen-bond donors (Lipinski definition) is 1. The minimum absolute atomic E-state index is 0.